The van der Waals surface area contributed by atoms with E-state index in [1.807, 2.05) is 30.3 Å². The molecular formula is C15H15NO3. The van der Waals surface area contributed by atoms with E-state index in [9.17, 15) is 5.11 Å². The SMILES string of the molecule is OC(Cc1ccncc1)c1cccc2c1OCCO2. The monoisotopic (exact) mass is 257 g/mol. The summed E-state index contributed by atoms with van der Waals surface area (Å²) < 4.78 is 11.1. The van der Waals surface area contributed by atoms with Gasteiger partial charge in [0.2, 0.25) is 0 Å². The van der Waals surface area contributed by atoms with Gasteiger partial charge in [-0.15, -0.1) is 0 Å². The number of aliphatic hydroxyl groups excluding tert-OH is 1. The third-order valence-corrected chi connectivity index (χ3v) is 3.13. The number of para-hydroxylation sites is 1. The smallest absolute Gasteiger partial charge is 0.167 e. The van der Waals surface area contributed by atoms with Crippen molar-refractivity contribution >= 4 is 0 Å². The second-order valence-electron chi connectivity index (χ2n) is 4.45. The Hall–Kier alpha value is -2.07. The van der Waals surface area contributed by atoms with E-state index in [0.29, 0.717) is 31.1 Å². The normalized spacial score (nSPS) is 15.0. The molecule has 0 radical (unpaired) electrons. The van der Waals surface area contributed by atoms with Crippen molar-refractivity contribution in [3.8, 4) is 11.5 Å². The number of aromatic nitrogens is 1. The van der Waals surface area contributed by atoms with E-state index in [0.717, 1.165) is 11.1 Å². The van der Waals surface area contributed by atoms with Gasteiger partial charge >= 0.3 is 0 Å². The molecule has 0 saturated carbocycles. The molecule has 2 aromatic rings. The van der Waals surface area contributed by atoms with Crippen molar-refractivity contribution in [3.63, 3.8) is 0 Å². The van der Waals surface area contributed by atoms with Crippen LogP contribution in [-0.2, 0) is 6.42 Å². The molecular weight excluding hydrogens is 242 g/mol. The zero-order valence-electron chi connectivity index (χ0n) is 10.5. The van der Waals surface area contributed by atoms with Crippen LogP contribution in [0.1, 0.15) is 17.2 Å². The maximum absolute atomic E-state index is 10.4. The third kappa shape index (κ3) is 2.53. The van der Waals surface area contributed by atoms with E-state index in [2.05, 4.69) is 4.98 Å². The van der Waals surface area contributed by atoms with Crippen LogP contribution in [0.2, 0.25) is 0 Å². The van der Waals surface area contributed by atoms with E-state index in [1.165, 1.54) is 0 Å². The van der Waals surface area contributed by atoms with Gasteiger partial charge in [-0.2, -0.15) is 0 Å². The average Bonchev–Trinajstić information content (AvgIpc) is 2.47. The molecule has 4 nitrogen and oxygen atoms in total. The molecule has 0 amide bonds. The van der Waals surface area contributed by atoms with E-state index in [1.54, 1.807) is 12.4 Å². The summed E-state index contributed by atoms with van der Waals surface area (Å²) in [4.78, 5) is 3.97. The molecule has 1 atom stereocenters. The summed E-state index contributed by atoms with van der Waals surface area (Å²) in [7, 11) is 0. The van der Waals surface area contributed by atoms with Gasteiger partial charge in [-0.25, -0.2) is 0 Å². The summed E-state index contributed by atoms with van der Waals surface area (Å²) in [6.45, 7) is 1.07. The number of benzene rings is 1. The van der Waals surface area contributed by atoms with Gasteiger partial charge in [0, 0.05) is 24.4 Å². The van der Waals surface area contributed by atoms with Crippen LogP contribution in [0.5, 0.6) is 11.5 Å². The van der Waals surface area contributed by atoms with E-state index >= 15 is 0 Å². The topological polar surface area (TPSA) is 51.6 Å². The van der Waals surface area contributed by atoms with Crippen LogP contribution in [0.25, 0.3) is 0 Å². The van der Waals surface area contributed by atoms with Gasteiger partial charge in [0.15, 0.2) is 11.5 Å². The molecule has 0 spiro atoms. The number of ether oxygens (including phenoxy) is 2. The second kappa shape index (κ2) is 5.28. The first-order valence-corrected chi connectivity index (χ1v) is 6.30. The number of hydrogen-bond acceptors (Lipinski definition) is 4. The minimum absolute atomic E-state index is 0.520. The summed E-state index contributed by atoms with van der Waals surface area (Å²) in [5, 5.41) is 10.4. The van der Waals surface area contributed by atoms with Crippen LogP contribution in [0.4, 0.5) is 0 Å². The Morgan fingerprint density at radius 3 is 2.74 bits per heavy atom. The van der Waals surface area contributed by atoms with Gasteiger partial charge in [0.1, 0.15) is 13.2 Å². The van der Waals surface area contributed by atoms with Gasteiger partial charge in [0.05, 0.1) is 6.10 Å². The lowest BCUT2D eigenvalue weighted by Crippen LogP contribution is -2.17. The van der Waals surface area contributed by atoms with Crippen LogP contribution in [-0.4, -0.2) is 23.3 Å². The predicted molar refractivity (Wildman–Crippen MR) is 70.3 cm³/mol. The van der Waals surface area contributed by atoms with Crippen molar-refractivity contribution in [1.29, 1.82) is 0 Å². The Labute approximate surface area is 111 Å². The minimum Gasteiger partial charge on any atom is -0.486 e. The van der Waals surface area contributed by atoms with Crippen LogP contribution in [0.3, 0.4) is 0 Å². The van der Waals surface area contributed by atoms with Crippen molar-refractivity contribution in [3.05, 3.63) is 53.9 Å². The van der Waals surface area contributed by atoms with Gasteiger partial charge in [-0.05, 0) is 23.8 Å². The number of rotatable bonds is 3. The molecule has 0 bridgehead atoms. The maximum atomic E-state index is 10.4. The summed E-state index contributed by atoms with van der Waals surface area (Å²) >= 11 is 0. The third-order valence-electron chi connectivity index (χ3n) is 3.13. The number of pyridine rings is 1. The molecule has 0 fully saturated rings. The van der Waals surface area contributed by atoms with E-state index in [4.69, 9.17) is 9.47 Å². The van der Waals surface area contributed by atoms with Crippen molar-refractivity contribution in [2.75, 3.05) is 13.2 Å². The highest BCUT2D eigenvalue weighted by Crippen LogP contribution is 2.37. The van der Waals surface area contributed by atoms with E-state index in [-0.39, 0.29) is 0 Å². The average molecular weight is 257 g/mol. The van der Waals surface area contributed by atoms with Gasteiger partial charge in [-0.1, -0.05) is 12.1 Å². The molecule has 1 aromatic heterocycles. The molecule has 1 aliphatic rings. The van der Waals surface area contributed by atoms with Gasteiger partial charge < -0.3 is 14.6 Å². The Bertz CT molecular complexity index is 557. The first-order valence-electron chi connectivity index (χ1n) is 6.30. The Morgan fingerprint density at radius 2 is 1.89 bits per heavy atom. The standard InChI is InChI=1S/C15H15NO3/c17-13(10-11-4-6-16-7-5-11)12-2-1-3-14-15(12)19-9-8-18-14/h1-7,13,17H,8-10H2. The van der Waals surface area contributed by atoms with Gasteiger partial charge in [0.25, 0.3) is 0 Å². The number of aliphatic hydroxyl groups is 1. The highest BCUT2D eigenvalue weighted by molar-refractivity contribution is 5.48. The minimum atomic E-state index is -0.612. The molecule has 1 aromatic carbocycles. The quantitative estimate of drug-likeness (QED) is 0.915. The maximum Gasteiger partial charge on any atom is 0.167 e. The van der Waals surface area contributed by atoms with Crippen molar-refractivity contribution < 1.29 is 14.6 Å². The van der Waals surface area contributed by atoms with Crippen LogP contribution in [0.15, 0.2) is 42.7 Å². The molecule has 1 aliphatic heterocycles. The lowest BCUT2D eigenvalue weighted by atomic mass is 10.0. The van der Waals surface area contributed by atoms with Crippen LogP contribution < -0.4 is 9.47 Å². The zero-order chi connectivity index (χ0) is 13.1. The number of hydrogen-bond donors (Lipinski definition) is 1. The molecule has 2 heterocycles. The summed E-state index contributed by atoms with van der Waals surface area (Å²) in [5.74, 6) is 1.37. The molecule has 3 rings (SSSR count). The fourth-order valence-electron chi connectivity index (χ4n) is 2.21. The molecule has 1 unspecified atom stereocenters. The van der Waals surface area contributed by atoms with Crippen molar-refractivity contribution in [1.82, 2.24) is 4.98 Å². The second-order valence-corrected chi connectivity index (χ2v) is 4.45. The molecule has 1 N–H and O–H groups in total. The Balaban J connectivity index is 1.86. The zero-order valence-corrected chi connectivity index (χ0v) is 10.5. The lowest BCUT2D eigenvalue weighted by molar-refractivity contribution is 0.146. The highest BCUT2D eigenvalue weighted by atomic mass is 16.6. The Morgan fingerprint density at radius 1 is 1.11 bits per heavy atom. The predicted octanol–water partition coefficient (Wildman–Crippen LogP) is 2.13. The molecule has 19 heavy (non-hydrogen) atoms. The first-order chi connectivity index (χ1) is 9.34. The number of nitrogens with zero attached hydrogens (tertiary/aromatic N) is 1. The number of fused-ring (bicyclic) bond motifs is 1. The van der Waals surface area contributed by atoms with Crippen LogP contribution >= 0.6 is 0 Å². The molecule has 0 saturated heterocycles. The summed E-state index contributed by atoms with van der Waals surface area (Å²) in [6, 6.07) is 9.40. The van der Waals surface area contributed by atoms with E-state index < -0.39 is 6.10 Å². The molecule has 4 heteroatoms. The van der Waals surface area contributed by atoms with Gasteiger partial charge in [-0.3, -0.25) is 4.98 Å². The Kier molecular flexibility index (Phi) is 3.33. The first kappa shape index (κ1) is 12.0. The molecule has 98 valence electrons. The van der Waals surface area contributed by atoms with Crippen molar-refractivity contribution in [2.24, 2.45) is 0 Å². The lowest BCUT2D eigenvalue weighted by Gasteiger charge is -2.23. The summed E-state index contributed by atoms with van der Waals surface area (Å²) in [5.41, 5.74) is 1.81. The fourth-order valence-corrected chi connectivity index (χ4v) is 2.21. The summed E-state index contributed by atoms with van der Waals surface area (Å²) in [6.07, 6.45) is 3.37. The molecule has 0 aliphatic carbocycles. The fraction of sp³-hybridized carbons (Fsp3) is 0.267. The van der Waals surface area contributed by atoms with Crippen LogP contribution in [0, 0.1) is 0 Å². The highest BCUT2D eigenvalue weighted by Gasteiger charge is 2.20. The van der Waals surface area contributed by atoms with Crippen molar-refractivity contribution in [2.45, 2.75) is 12.5 Å². The largest absolute Gasteiger partial charge is 0.486 e.